The zero-order chi connectivity index (χ0) is 18.1. The lowest BCUT2D eigenvalue weighted by Gasteiger charge is -2.19. The zero-order valence-electron chi connectivity index (χ0n) is 15.1. The minimum atomic E-state index is -1.12. The van der Waals surface area contributed by atoms with Crippen LogP contribution in [0.3, 0.4) is 0 Å². The molecule has 0 fully saturated rings. The van der Waals surface area contributed by atoms with Crippen LogP contribution >= 0.6 is 11.8 Å². The van der Waals surface area contributed by atoms with Crippen molar-refractivity contribution in [2.45, 2.75) is 31.3 Å². The number of aliphatic imine (C=N–C) groups is 1. The monoisotopic (exact) mass is 361 g/mol. The summed E-state index contributed by atoms with van der Waals surface area (Å²) >= 11 is 1.80. The molecule has 1 aromatic heterocycles. The molecule has 1 aromatic carbocycles. The lowest BCUT2D eigenvalue weighted by Crippen LogP contribution is -2.39. The summed E-state index contributed by atoms with van der Waals surface area (Å²) < 4.78 is 5.28. The van der Waals surface area contributed by atoms with Gasteiger partial charge in [-0.2, -0.15) is 0 Å². The summed E-state index contributed by atoms with van der Waals surface area (Å²) in [5, 5.41) is 17.0. The highest BCUT2D eigenvalue weighted by molar-refractivity contribution is 7.99. The molecule has 1 unspecified atom stereocenters. The highest BCUT2D eigenvalue weighted by Gasteiger charge is 2.25. The summed E-state index contributed by atoms with van der Waals surface area (Å²) in [5.74, 6) is 2.14. The van der Waals surface area contributed by atoms with E-state index in [0.717, 1.165) is 18.8 Å². The molecule has 0 aliphatic carbocycles. The third kappa shape index (κ3) is 6.48. The van der Waals surface area contributed by atoms with Crippen LogP contribution in [0, 0.1) is 6.92 Å². The van der Waals surface area contributed by atoms with Crippen LogP contribution in [0.5, 0.6) is 0 Å². The van der Waals surface area contributed by atoms with E-state index in [1.54, 1.807) is 37.1 Å². The Morgan fingerprint density at radius 1 is 1.24 bits per heavy atom. The Balaban J connectivity index is 1.82. The number of hydrogen-bond donors (Lipinski definition) is 3. The number of rotatable bonds is 8. The number of thioether (sulfide) groups is 1. The topological polar surface area (TPSA) is 69.8 Å². The van der Waals surface area contributed by atoms with Crippen molar-refractivity contribution >= 4 is 17.7 Å². The first-order chi connectivity index (χ1) is 12.0. The van der Waals surface area contributed by atoms with Crippen LogP contribution in [0.1, 0.15) is 25.2 Å². The van der Waals surface area contributed by atoms with Crippen molar-refractivity contribution in [1.82, 2.24) is 10.6 Å². The maximum atomic E-state index is 10.5. The summed E-state index contributed by atoms with van der Waals surface area (Å²) in [6.07, 6.45) is 1.55. The number of aryl methyl sites for hydroxylation is 1. The second kappa shape index (κ2) is 9.53. The number of guanidine groups is 1. The number of benzene rings is 1. The lowest BCUT2D eigenvalue weighted by atomic mass is 10.0. The van der Waals surface area contributed by atoms with E-state index in [4.69, 9.17) is 4.42 Å². The number of nitrogens with one attached hydrogen (secondary N) is 2. The Hall–Kier alpha value is -1.92. The van der Waals surface area contributed by atoms with Gasteiger partial charge in [-0.05, 0) is 45.0 Å². The fourth-order valence-corrected chi connectivity index (χ4v) is 2.98. The van der Waals surface area contributed by atoms with Crippen LogP contribution in [-0.4, -0.2) is 36.5 Å². The van der Waals surface area contributed by atoms with Gasteiger partial charge in [-0.3, -0.25) is 0 Å². The van der Waals surface area contributed by atoms with E-state index < -0.39 is 5.60 Å². The first kappa shape index (κ1) is 19.4. The molecular formula is C19H27N3O2S. The number of nitrogens with zero attached hydrogens (tertiary/aromatic N) is 1. The van der Waals surface area contributed by atoms with Gasteiger partial charge in [0.25, 0.3) is 0 Å². The summed E-state index contributed by atoms with van der Waals surface area (Å²) in [6.45, 7) is 7.58. The SMILES string of the molecule is CCNC(=NCC(C)(O)c1ccco1)NCCSc1ccc(C)cc1. The lowest BCUT2D eigenvalue weighted by molar-refractivity contribution is 0.0437. The van der Waals surface area contributed by atoms with Crippen LogP contribution in [0.25, 0.3) is 0 Å². The first-order valence-electron chi connectivity index (χ1n) is 8.49. The second-order valence-corrected chi connectivity index (χ2v) is 7.20. The molecule has 3 N–H and O–H groups in total. The Morgan fingerprint density at radius 2 is 2.00 bits per heavy atom. The molecular weight excluding hydrogens is 334 g/mol. The van der Waals surface area contributed by atoms with E-state index in [-0.39, 0.29) is 6.54 Å². The Morgan fingerprint density at radius 3 is 2.64 bits per heavy atom. The van der Waals surface area contributed by atoms with Gasteiger partial charge in [0.1, 0.15) is 11.4 Å². The molecule has 0 saturated heterocycles. The van der Waals surface area contributed by atoms with Crippen LogP contribution in [0.4, 0.5) is 0 Å². The van der Waals surface area contributed by atoms with Crippen molar-refractivity contribution in [3.8, 4) is 0 Å². The molecule has 6 heteroatoms. The highest BCUT2D eigenvalue weighted by Crippen LogP contribution is 2.21. The van der Waals surface area contributed by atoms with Crippen molar-refractivity contribution in [3.05, 3.63) is 54.0 Å². The number of aliphatic hydroxyl groups is 1. The maximum Gasteiger partial charge on any atom is 0.191 e. The van der Waals surface area contributed by atoms with Gasteiger partial charge in [-0.25, -0.2) is 4.99 Å². The predicted octanol–water partition coefficient (Wildman–Crippen LogP) is 3.14. The van der Waals surface area contributed by atoms with Gasteiger partial charge in [0.05, 0.1) is 12.8 Å². The first-order valence-corrected chi connectivity index (χ1v) is 9.48. The smallest absolute Gasteiger partial charge is 0.191 e. The third-order valence-corrected chi connectivity index (χ3v) is 4.64. The average molecular weight is 362 g/mol. The molecule has 2 aromatic rings. The quantitative estimate of drug-likeness (QED) is 0.292. The highest BCUT2D eigenvalue weighted by atomic mass is 32.2. The summed E-state index contributed by atoms with van der Waals surface area (Å²) in [6, 6.07) is 12.0. The van der Waals surface area contributed by atoms with Crippen molar-refractivity contribution in [2.75, 3.05) is 25.4 Å². The molecule has 0 aliphatic rings. The molecule has 5 nitrogen and oxygen atoms in total. The predicted molar refractivity (Wildman–Crippen MR) is 104 cm³/mol. The largest absolute Gasteiger partial charge is 0.466 e. The average Bonchev–Trinajstić information content (AvgIpc) is 3.13. The third-order valence-electron chi connectivity index (χ3n) is 3.63. The van der Waals surface area contributed by atoms with E-state index in [9.17, 15) is 5.11 Å². The van der Waals surface area contributed by atoms with Crippen LogP contribution in [0.15, 0.2) is 57.0 Å². The normalized spacial score (nSPS) is 14.2. The van der Waals surface area contributed by atoms with Gasteiger partial charge in [-0.1, -0.05) is 17.7 Å². The Kier molecular flexibility index (Phi) is 7.40. The van der Waals surface area contributed by atoms with E-state index in [1.165, 1.54) is 10.5 Å². The molecule has 0 radical (unpaired) electrons. The van der Waals surface area contributed by atoms with Crippen molar-refractivity contribution < 1.29 is 9.52 Å². The van der Waals surface area contributed by atoms with Gasteiger partial charge in [-0.15, -0.1) is 11.8 Å². The molecule has 0 saturated carbocycles. The van der Waals surface area contributed by atoms with E-state index in [0.29, 0.717) is 11.7 Å². The molecule has 136 valence electrons. The van der Waals surface area contributed by atoms with Crippen molar-refractivity contribution in [1.29, 1.82) is 0 Å². The van der Waals surface area contributed by atoms with E-state index >= 15 is 0 Å². The molecule has 0 aliphatic heterocycles. The molecule has 25 heavy (non-hydrogen) atoms. The Bertz CT molecular complexity index is 652. The second-order valence-electron chi connectivity index (χ2n) is 6.03. The maximum absolute atomic E-state index is 10.5. The van der Waals surface area contributed by atoms with E-state index in [1.807, 2.05) is 6.92 Å². The van der Waals surface area contributed by atoms with Gasteiger partial charge < -0.3 is 20.2 Å². The fraction of sp³-hybridized carbons (Fsp3) is 0.421. The van der Waals surface area contributed by atoms with Crippen LogP contribution < -0.4 is 10.6 Å². The minimum absolute atomic E-state index is 0.223. The summed E-state index contributed by atoms with van der Waals surface area (Å²) in [7, 11) is 0. The zero-order valence-corrected chi connectivity index (χ0v) is 15.9. The van der Waals surface area contributed by atoms with Crippen LogP contribution in [-0.2, 0) is 5.60 Å². The van der Waals surface area contributed by atoms with Crippen LogP contribution in [0.2, 0.25) is 0 Å². The molecule has 2 rings (SSSR count). The summed E-state index contributed by atoms with van der Waals surface area (Å²) in [4.78, 5) is 5.73. The van der Waals surface area contributed by atoms with Gasteiger partial charge >= 0.3 is 0 Å². The standard InChI is InChI=1S/C19H27N3O2S/c1-4-20-18(22-14-19(3,23)17-6-5-12-24-17)21-11-13-25-16-9-7-15(2)8-10-16/h5-10,12,23H,4,11,13-14H2,1-3H3,(H2,20,21,22). The molecule has 0 spiro atoms. The van der Waals surface area contributed by atoms with Gasteiger partial charge in [0.15, 0.2) is 5.96 Å². The number of furan rings is 1. The van der Waals surface area contributed by atoms with Gasteiger partial charge in [0.2, 0.25) is 0 Å². The molecule has 1 atom stereocenters. The molecule has 0 bridgehead atoms. The van der Waals surface area contributed by atoms with E-state index in [2.05, 4.69) is 46.8 Å². The van der Waals surface area contributed by atoms with Crippen molar-refractivity contribution in [3.63, 3.8) is 0 Å². The summed E-state index contributed by atoms with van der Waals surface area (Å²) in [5.41, 5.74) is 0.148. The molecule has 1 heterocycles. The minimum Gasteiger partial charge on any atom is -0.466 e. The molecule has 0 amide bonds. The fourth-order valence-electron chi connectivity index (χ4n) is 2.21. The van der Waals surface area contributed by atoms with Gasteiger partial charge in [0, 0.05) is 23.7 Å². The number of hydrogen-bond acceptors (Lipinski definition) is 4. The Labute approximate surface area is 153 Å². The van der Waals surface area contributed by atoms with Crippen molar-refractivity contribution in [2.24, 2.45) is 4.99 Å².